The van der Waals surface area contributed by atoms with Crippen molar-refractivity contribution in [2.45, 2.75) is 37.9 Å². The summed E-state index contributed by atoms with van der Waals surface area (Å²) in [5.74, 6) is 0.251. The van der Waals surface area contributed by atoms with Crippen LogP contribution in [0.1, 0.15) is 24.8 Å². The Morgan fingerprint density at radius 1 is 0.912 bits per heavy atom. The van der Waals surface area contributed by atoms with Gasteiger partial charge in [-0.2, -0.15) is 0 Å². The van der Waals surface area contributed by atoms with Gasteiger partial charge in [0, 0.05) is 20.3 Å². The minimum Gasteiger partial charge on any atom is -0.404 e. The lowest BCUT2D eigenvalue weighted by Crippen LogP contribution is -2.37. The zero-order chi connectivity index (χ0) is 25.5. The summed E-state index contributed by atoms with van der Waals surface area (Å²) >= 11 is 0. The first-order valence-corrected chi connectivity index (χ1v) is 13.1. The van der Waals surface area contributed by atoms with Crippen LogP contribution < -0.4 is 4.52 Å². The summed E-state index contributed by atoms with van der Waals surface area (Å²) in [6.07, 6.45) is 1.61. The van der Waals surface area contributed by atoms with Crippen molar-refractivity contribution < 1.29 is 47.4 Å². The van der Waals surface area contributed by atoms with Crippen molar-refractivity contribution in [2.75, 3.05) is 74.4 Å². The van der Waals surface area contributed by atoms with E-state index in [4.69, 9.17) is 23.3 Å². The first kappa shape index (κ1) is 31.0. The lowest BCUT2D eigenvalue weighted by atomic mass is 10.1. The number of phosphoric ester groups is 1. The highest BCUT2D eigenvalue weighted by molar-refractivity contribution is 7.47. The molecule has 0 fully saturated rings. The fourth-order valence-corrected chi connectivity index (χ4v) is 3.56. The van der Waals surface area contributed by atoms with Crippen LogP contribution in [-0.4, -0.2) is 106 Å². The lowest BCUT2D eigenvalue weighted by Gasteiger charge is -2.24. The second-order valence-corrected chi connectivity index (χ2v) is 10.6. The first-order chi connectivity index (χ1) is 16.0. The number of aryl methyl sites for hydroxylation is 1. The number of ether oxygens (including phenoxy) is 3. The van der Waals surface area contributed by atoms with Crippen molar-refractivity contribution in [3.05, 3.63) is 29.8 Å². The Hall–Kier alpha value is -1.07. The zero-order valence-corrected chi connectivity index (χ0v) is 21.8. The van der Waals surface area contributed by atoms with Crippen LogP contribution in [-0.2, 0) is 29.7 Å². The molecule has 3 unspecified atom stereocenters. The Bertz CT molecular complexity index is 697. The van der Waals surface area contributed by atoms with E-state index in [1.807, 2.05) is 21.1 Å². The Labute approximate surface area is 203 Å². The molecule has 3 N–H and O–H groups in total. The Morgan fingerprint density at radius 2 is 1.50 bits per heavy atom. The molecule has 0 radical (unpaired) electrons. The van der Waals surface area contributed by atoms with E-state index < -0.39 is 20.0 Å². The summed E-state index contributed by atoms with van der Waals surface area (Å²) in [7, 11) is 3.25. The van der Waals surface area contributed by atoms with Gasteiger partial charge in [-0.15, -0.1) is 0 Å². The van der Waals surface area contributed by atoms with Gasteiger partial charge in [-0.25, -0.2) is 4.57 Å². The van der Waals surface area contributed by atoms with Crippen molar-refractivity contribution in [3.63, 3.8) is 0 Å². The number of aliphatic hydroxyl groups excluding tert-OH is 2. The molecule has 0 aromatic heterocycles. The third-order valence-corrected chi connectivity index (χ3v) is 5.68. The molecule has 0 amide bonds. The van der Waals surface area contributed by atoms with E-state index in [0.29, 0.717) is 37.1 Å². The van der Waals surface area contributed by atoms with Gasteiger partial charge >= 0.3 is 7.82 Å². The molecule has 0 saturated carbocycles. The minimum absolute atomic E-state index is 0.113. The second kappa shape index (κ2) is 16.6. The number of hydrogen-bond donors (Lipinski definition) is 3. The maximum Gasteiger partial charge on any atom is 0.527 e. The van der Waals surface area contributed by atoms with E-state index in [-0.39, 0.29) is 32.2 Å². The molecule has 1 aromatic rings. The number of benzene rings is 1. The van der Waals surface area contributed by atoms with Crippen molar-refractivity contribution in [3.8, 4) is 5.75 Å². The Balaban J connectivity index is 2.16. The zero-order valence-electron chi connectivity index (χ0n) is 20.9. The molecule has 34 heavy (non-hydrogen) atoms. The quantitative estimate of drug-likeness (QED) is 0.138. The van der Waals surface area contributed by atoms with Crippen LogP contribution in [0.25, 0.3) is 0 Å². The van der Waals surface area contributed by atoms with Gasteiger partial charge in [0.15, 0.2) is 0 Å². The highest BCUT2D eigenvalue weighted by Gasteiger charge is 2.24. The molecule has 1 aromatic carbocycles. The smallest absolute Gasteiger partial charge is 0.404 e. The Morgan fingerprint density at radius 3 is 2.06 bits per heavy atom. The number of likely N-dealkylation sites (N-methyl/N-ethyl adjacent to an activating group) is 1. The lowest BCUT2D eigenvalue weighted by molar-refractivity contribution is -0.870. The van der Waals surface area contributed by atoms with E-state index >= 15 is 0 Å². The highest BCUT2D eigenvalue weighted by Crippen LogP contribution is 2.43. The van der Waals surface area contributed by atoms with Gasteiger partial charge in [-0.1, -0.05) is 12.1 Å². The molecule has 0 aliphatic heterocycles. The third kappa shape index (κ3) is 16.5. The van der Waals surface area contributed by atoms with Crippen LogP contribution in [0.2, 0.25) is 0 Å². The predicted molar refractivity (Wildman–Crippen MR) is 129 cm³/mol. The molecule has 0 aliphatic rings. The molecule has 0 spiro atoms. The molecule has 198 valence electrons. The average molecular weight is 509 g/mol. The van der Waals surface area contributed by atoms with Crippen LogP contribution in [0.4, 0.5) is 0 Å². The van der Waals surface area contributed by atoms with Crippen LogP contribution in [0.5, 0.6) is 5.75 Å². The molecular weight excluding hydrogens is 465 g/mol. The van der Waals surface area contributed by atoms with Crippen molar-refractivity contribution >= 4 is 7.82 Å². The normalized spacial score (nSPS) is 15.6. The molecule has 11 heteroatoms. The van der Waals surface area contributed by atoms with Crippen LogP contribution >= 0.6 is 7.82 Å². The monoisotopic (exact) mass is 508 g/mol. The van der Waals surface area contributed by atoms with Crippen LogP contribution in [0, 0.1) is 0 Å². The van der Waals surface area contributed by atoms with Crippen molar-refractivity contribution in [1.29, 1.82) is 0 Å². The summed E-state index contributed by atoms with van der Waals surface area (Å²) < 4.78 is 38.5. The number of rotatable bonds is 20. The number of hydrogen-bond acceptors (Lipinski definition) is 8. The maximum absolute atomic E-state index is 12.1. The molecule has 0 heterocycles. The summed E-state index contributed by atoms with van der Waals surface area (Å²) in [6, 6.07) is 6.80. The topological polar surface area (TPSA) is 124 Å². The fraction of sp³-hybridized carbons (Fsp3) is 0.739. The van der Waals surface area contributed by atoms with E-state index in [1.54, 1.807) is 24.3 Å². The molecule has 1 rings (SSSR count). The minimum atomic E-state index is -4.17. The van der Waals surface area contributed by atoms with Crippen molar-refractivity contribution in [2.24, 2.45) is 0 Å². The summed E-state index contributed by atoms with van der Waals surface area (Å²) in [4.78, 5) is 9.85. The van der Waals surface area contributed by atoms with Gasteiger partial charge in [-0.3, -0.25) is 9.42 Å². The number of phosphoric acid groups is 1. The second-order valence-electron chi connectivity index (χ2n) is 9.21. The number of methoxy groups -OCH3 is 1. The van der Waals surface area contributed by atoms with Crippen LogP contribution in [0.15, 0.2) is 24.3 Å². The van der Waals surface area contributed by atoms with E-state index in [9.17, 15) is 19.7 Å². The predicted octanol–water partition coefficient (Wildman–Crippen LogP) is 2.00. The van der Waals surface area contributed by atoms with E-state index in [0.717, 1.165) is 18.4 Å². The highest BCUT2D eigenvalue weighted by atomic mass is 31.2. The summed E-state index contributed by atoms with van der Waals surface area (Å²) in [6.45, 7) is 2.54. The van der Waals surface area contributed by atoms with Gasteiger partial charge < -0.3 is 33.4 Å². The molecule has 0 saturated heterocycles. The number of unbranched alkanes of at least 4 members (excludes halogenated alkanes) is 1. The summed E-state index contributed by atoms with van der Waals surface area (Å²) in [5, 5.41) is 19.6. The van der Waals surface area contributed by atoms with E-state index in [2.05, 4.69) is 0 Å². The molecule has 3 atom stereocenters. The SMILES string of the molecule is COCC(O)COCCCCOCC(O)CCc1ccc(OP(=O)(O)OCC[N+](C)(C)C)cc1. The standard InChI is InChI=1S/C23H42NO9P/c1-24(2,3)13-16-32-34(27,28)33-23-11-8-20(9-12-23)7-10-21(25)18-30-14-5-6-15-31-19-22(26)17-29-4/h8-9,11-12,21-22,25-26H,5-7,10,13-19H2,1-4H3/p+1. The van der Waals surface area contributed by atoms with E-state index in [1.165, 1.54) is 7.11 Å². The van der Waals surface area contributed by atoms with Crippen molar-refractivity contribution in [1.82, 2.24) is 0 Å². The first-order valence-electron chi connectivity index (χ1n) is 11.6. The summed E-state index contributed by atoms with van der Waals surface area (Å²) in [5.41, 5.74) is 0.970. The molecular formula is C23H43NO9P+. The van der Waals surface area contributed by atoms with Gasteiger partial charge in [0.1, 0.15) is 25.0 Å². The maximum atomic E-state index is 12.1. The Kier molecular flexibility index (Phi) is 15.1. The van der Waals surface area contributed by atoms with Gasteiger partial charge in [0.25, 0.3) is 0 Å². The average Bonchev–Trinajstić information content (AvgIpc) is 2.74. The van der Waals surface area contributed by atoms with Crippen LogP contribution in [0.3, 0.4) is 0 Å². The van der Waals surface area contributed by atoms with Gasteiger partial charge in [0.05, 0.1) is 47.1 Å². The largest absolute Gasteiger partial charge is 0.527 e. The van der Waals surface area contributed by atoms with Gasteiger partial charge in [-0.05, 0) is 43.4 Å². The number of aliphatic hydroxyl groups is 2. The number of nitrogens with zero attached hydrogens (tertiary/aromatic N) is 1. The van der Waals surface area contributed by atoms with Gasteiger partial charge in [0.2, 0.25) is 0 Å². The molecule has 0 bridgehead atoms. The number of quaternary nitrogens is 1. The molecule has 10 nitrogen and oxygen atoms in total. The fourth-order valence-electron chi connectivity index (χ4n) is 2.81. The third-order valence-electron chi connectivity index (χ3n) is 4.73. The molecule has 0 aliphatic carbocycles.